The Morgan fingerprint density at radius 1 is 1.26 bits per heavy atom. The number of benzene rings is 1. The predicted octanol–water partition coefficient (Wildman–Crippen LogP) is 4.31. The fourth-order valence-electron chi connectivity index (χ4n) is 1.60. The van der Waals surface area contributed by atoms with Crippen LogP contribution in [-0.2, 0) is 4.79 Å². The van der Waals surface area contributed by atoms with E-state index in [4.69, 9.17) is 4.42 Å². The van der Waals surface area contributed by atoms with Gasteiger partial charge in [0, 0.05) is 16.2 Å². The summed E-state index contributed by atoms with van der Waals surface area (Å²) in [7, 11) is 0. The Hall–Kier alpha value is -1.81. The molecule has 0 saturated carbocycles. The van der Waals surface area contributed by atoms with Crippen LogP contribution in [0.25, 0.3) is 6.08 Å². The van der Waals surface area contributed by atoms with Crippen LogP contribution in [0.2, 0.25) is 0 Å². The van der Waals surface area contributed by atoms with Crippen LogP contribution in [0.5, 0.6) is 0 Å². The van der Waals surface area contributed by atoms with Gasteiger partial charge in [-0.05, 0) is 49.8 Å². The maximum atomic E-state index is 11.8. The van der Waals surface area contributed by atoms with Gasteiger partial charge in [-0.25, -0.2) is 0 Å². The molecule has 0 saturated heterocycles. The van der Waals surface area contributed by atoms with E-state index in [1.165, 1.54) is 6.08 Å². The molecule has 0 aliphatic rings. The number of anilines is 1. The van der Waals surface area contributed by atoms with Crippen molar-refractivity contribution in [1.29, 1.82) is 0 Å². The Morgan fingerprint density at radius 2 is 2.05 bits per heavy atom. The molecule has 4 heteroatoms. The van der Waals surface area contributed by atoms with Crippen molar-refractivity contribution in [2.75, 3.05) is 5.32 Å². The quantitative estimate of drug-likeness (QED) is 0.856. The third kappa shape index (κ3) is 3.83. The molecule has 1 amide bonds. The minimum absolute atomic E-state index is 0.185. The van der Waals surface area contributed by atoms with Gasteiger partial charge in [-0.1, -0.05) is 22.0 Å². The van der Waals surface area contributed by atoms with Crippen LogP contribution in [-0.4, -0.2) is 5.91 Å². The number of amides is 1. The number of aryl methyl sites for hydroxylation is 2. The summed E-state index contributed by atoms with van der Waals surface area (Å²) in [4.78, 5) is 11.8. The lowest BCUT2D eigenvalue weighted by molar-refractivity contribution is -0.111. The van der Waals surface area contributed by atoms with Crippen molar-refractivity contribution in [3.63, 3.8) is 0 Å². The Kier molecular flexibility index (Phi) is 4.22. The number of nitrogens with one attached hydrogen (secondary N) is 1. The molecule has 19 heavy (non-hydrogen) atoms. The van der Waals surface area contributed by atoms with Gasteiger partial charge >= 0.3 is 0 Å². The molecule has 2 aromatic rings. The number of rotatable bonds is 3. The Labute approximate surface area is 120 Å². The summed E-state index contributed by atoms with van der Waals surface area (Å²) in [5.41, 5.74) is 1.80. The van der Waals surface area contributed by atoms with E-state index in [0.717, 1.165) is 21.5 Å². The molecule has 0 spiro atoms. The van der Waals surface area contributed by atoms with E-state index in [0.29, 0.717) is 5.76 Å². The first-order valence-electron chi connectivity index (χ1n) is 5.86. The molecule has 0 unspecified atom stereocenters. The molecule has 0 aliphatic carbocycles. The SMILES string of the molecule is Cc1ccc(/C=C/C(=O)Nc2cc(Br)ccc2C)o1. The van der Waals surface area contributed by atoms with Gasteiger partial charge in [0.25, 0.3) is 0 Å². The largest absolute Gasteiger partial charge is 0.462 e. The van der Waals surface area contributed by atoms with Crippen LogP contribution in [0.3, 0.4) is 0 Å². The van der Waals surface area contributed by atoms with Gasteiger partial charge in [-0.2, -0.15) is 0 Å². The molecule has 98 valence electrons. The molecule has 1 heterocycles. The van der Waals surface area contributed by atoms with Crippen LogP contribution < -0.4 is 5.32 Å². The number of hydrogen-bond acceptors (Lipinski definition) is 2. The van der Waals surface area contributed by atoms with E-state index >= 15 is 0 Å². The van der Waals surface area contributed by atoms with Gasteiger partial charge in [-0.3, -0.25) is 4.79 Å². The zero-order chi connectivity index (χ0) is 13.8. The molecular formula is C15H14BrNO2. The number of furan rings is 1. The first-order chi connectivity index (χ1) is 9.04. The second-order valence-corrected chi connectivity index (χ2v) is 5.15. The summed E-state index contributed by atoms with van der Waals surface area (Å²) < 4.78 is 6.28. The normalized spacial score (nSPS) is 10.9. The lowest BCUT2D eigenvalue weighted by Gasteiger charge is -2.06. The summed E-state index contributed by atoms with van der Waals surface area (Å²) in [5, 5.41) is 2.83. The van der Waals surface area contributed by atoms with Gasteiger partial charge in [0.15, 0.2) is 0 Å². The van der Waals surface area contributed by atoms with E-state index in [1.807, 2.05) is 44.2 Å². The van der Waals surface area contributed by atoms with Crippen molar-refractivity contribution in [2.45, 2.75) is 13.8 Å². The average molecular weight is 320 g/mol. The first kappa shape index (κ1) is 13.6. The van der Waals surface area contributed by atoms with E-state index in [2.05, 4.69) is 21.2 Å². The van der Waals surface area contributed by atoms with E-state index in [-0.39, 0.29) is 5.91 Å². The lowest BCUT2D eigenvalue weighted by atomic mass is 10.2. The van der Waals surface area contributed by atoms with Gasteiger partial charge in [0.1, 0.15) is 11.5 Å². The predicted molar refractivity (Wildman–Crippen MR) is 80.0 cm³/mol. The van der Waals surface area contributed by atoms with Crippen molar-refractivity contribution >= 4 is 33.6 Å². The fourth-order valence-corrected chi connectivity index (χ4v) is 1.97. The van der Waals surface area contributed by atoms with Crippen LogP contribution in [0.1, 0.15) is 17.1 Å². The van der Waals surface area contributed by atoms with Crippen molar-refractivity contribution in [3.8, 4) is 0 Å². The van der Waals surface area contributed by atoms with Crippen LogP contribution in [0, 0.1) is 13.8 Å². The maximum absolute atomic E-state index is 11.8. The second kappa shape index (κ2) is 5.89. The van der Waals surface area contributed by atoms with Gasteiger partial charge in [0.05, 0.1) is 0 Å². The summed E-state index contributed by atoms with van der Waals surface area (Å²) in [5.74, 6) is 1.30. The smallest absolute Gasteiger partial charge is 0.248 e. The first-order valence-corrected chi connectivity index (χ1v) is 6.65. The zero-order valence-electron chi connectivity index (χ0n) is 10.7. The minimum atomic E-state index is -0.185. The second-order valence-electron chi connectivity index (χ2n) is 4.23. The van der Waals surface area contributed by atoms with Crippen LogP contribution in [0.4, 0.5) is 5.69 Å². The fraction of sp³-hybridized carbons (Fsp3) is 0.133. The molecule has 0 atom stereocenters. The van der Waals surface area contributed by atoms with E-state index < -0.39 is 0 Å². The highest BCUT2D eigenvalue weighted by molar-refractivity contribution is 9.10. The van der Waals surface area contributed by atoms with Crippen molar-refractivity contribution in [2.24, 2.45) is 0 Å². The Bertz CT molecular complexity index is 629. The molecule has 0 fully saturated rings. The lowest BCUT2D eigenvalue weighted by Crippen LogP contribution is -2.08. The molecule has 0 aliphatic heterocycles. The molecule has 2 rings (SSSR count). The zero-order valence-corrected chi connectivity index (χ0v) is 12.3. The third-order valence-electron chi connectivity index (χ3n) is 2.62. The molecule has 3 nitrogen and oxygen atoms in total. The average Bonchev–Trinajstić information content (AvgIpc) is 2.77. The van der Waals surface area contributed by atoms with Crippen molar-refractivity contribution < 1.29 is 9.21 Å². The minimum Gasteiger partial charge on any atom is -0.462 e. The Morgan fingerprint density at radius 3 is 2.74 bits per heavy atom. The summed E-state index contributed by atoms with van der Waals surface area (Å²) >= 11 is 3.38. The molecule has 0 bridgehead atoms. The van der Waals surface area contributed by atoms with Crippen LogP contribution >= 0.6 is 15.9 Å². The highest BCUT2D eigenvalue weighted by Gasteiger charge is 2.02. The summed E-state index contributed by atoms with van der Waals surface area (Å²) in [6, 6.07) is 9.43. The number of hydrogen-bond donors (Lipinski definition) is 1. The topological polar surface area (TPSA) is 42.2 Å². The van der Waals surface area contributed by atoms with Gasteiger partial charge in [-0.15, -0.1) is 0 Å². The number of carbonyl (C=O) groups is 1. The Balaban J connectivity index is 2.05. The van der Waals surface area contributed by atoms with Crippen molar-refractivity contribution in [3.05, 3.63) is 58.0 Å². The highest BCUT2D eigenvalue weighted by atomic mass is 79.9. The van der Waals surface area contributed by atoms with Gasteiger partial charge < -0.3 is 9.73 Å². The monoisotopic (exact) mass is 319 g/mol. The maximum Gasteiger partial charge on any atom is 0.248 e. The molecule has 0 radical (unpaired) electrons. The van der Waals surface area contributed by atoms with Crippen LogP contribution in [0.15, 0.2) is 45.3 Å². The number of carbonyl (C=O) groups excluding carboxylic acids is 1. The molecule has 1 aromatic carbocycles. The highest BCUT2D eigenvalue weighted by Crippen LogP contribution is 2.20. The third-order valence-corrected chi connectivity index (χ3v) is 3.11. The van der Waals surface area contributed by atoms with E-state index in [1.54, 1.807) is 6.08 Å². The summed E-state index contributed by atoms with van der Waals surface area (Å²) in [6.45, 7) is 3.81. The van der Waals surface area contributed by atoms with Crippen molar-refractivity contribution in [1.82, 2.24) is 0 Å². The molecule has 1 aromatic heterocycles. The van der Waals surface area contributed by atoms with Gasteiger partial charge in [0.2, 0.25) is 5.91 Å². The summed E-state index contributed by atoms with van der Waals surface area (Å²) in [6.07, 6.45) is 3.11. The molecular weight excluding hydrogens is 306 g/mol. The molecule has 1 N–H and O–H groups in total. The standard InChI is InChI=1S/C15H14BrNO2/c1-10-3-5-12(16)9-14(10)17-15(18)8-7-13-6-4-11(2)19-13/h3-9H,1-2H3,(H,17,18)/b8-7+. The van der Waals surface area contributed by atoms with E-state index in [9.17, 15) is 4.79 Å². The number of halogens is 1.